The Morgan fingerprint density at radius 1 is 1.10 bits per heavy atom. The van der Waals surface area contributed by atoms with Gasteiger partial charge in [0, 0.05) is 30.2 Å². The first-order valence-corrected chi connectivity index (χ1v) is 2.23. The van der Waals surface area contributed by atoms with Gasteiger partial charge in [0.05, 0.1) is 11.9 Å². The molecule has 1 N–H and O–H groups in total. The Bertz CT molecular complexity index is 112. The second-order valence-corrected chi connectivity index (χ2v) is 1.35. The molecule has 0 heterocycles. The van der Waals surface area contributed by atoms with Crippen LogP contribution in [0.2, 0.25) is 0 Å². The molecule has 5 nitrogen and oxygen atoms in total. The van der Waals surface area contributed by atoms with Crippen molar-refractivity contribution in [2.75, 3.05) is 13.1 Å². The Morgan fingerprint density at radius 3 is 1.60 bits per heavy atom. The molecule has 0 aromatic carbocycles. The van der Waals surface area contributed by atoms with Gasteiger partial charge >= 0.3 is 0 Å². The molecule has 63 valence electrons. The van der Waals surface area contributed by atoms with Crippen LogP contribution in [0.15, 0.2) is 0 Å². The normalized spacial score (nSPS) is 8.00. The SMILES string of the molecule is O=C([O-])CNCC(=O)[O-].[Cu]. The first kappa shape index (κ1) is 12.1. The summed E-state index contributed by atoms with van der Waals surface area (Å²) in [4.78, 5) is 19.2. The van der Waals surface area contributed by atoms with Gasteiger partial charge in [0.25, 0.3) is 0 Å². The fourth-order valence-corrected chi connectivity index (χ4v) is 0.267. The molecule has 0 bridgehead atoms. The van der Waals surface area contributed by atoms with Gasteiger partial charge in [-0.25, -0.2) is 0 Å². The van der Waals surface area contributed by atoms with E-state index in [0.29, 0.717) is 0 Å². The average molecular weight is 195 g/mol. The zero-order valence-corrected chi connectivity index (χ0v) is 5.79. The summed E-state index contributed by atoms with van der Waals surface area (Å²) in [5.41, 5.74) is 0. The molecule has 0 rings (SSSR count). The number of aliphatic carboxylic acids is 2. The van der Waals surface area contributed by atoms with Crippen LogP contribution in [0.3, 0.4) is 0 Å². The van der Waals surface area contributed by atoms with Gasteiger partial charge in [-0.3, -0.25) is 0 Å². The third-order valence-electron chi connectivity index (χ3n) is 0.539. The van der Waals surface area contributed by atoms with Crippen molar-refractivity contribution in [1.29, 1.82) is 0 Å². The minimum absolute atomic E-state index is 0. The summed E-state index contributed by atoms with van der Waals surface area (Å²) in [6.45, 7) is -0.929. The molecule has 10 heavy (non-hydrogen) atoms. The summed E-state index contributed by atoms with van der Waals surface area (Å²) in [7, 11) is 0. The van der Waals surface area contributed by atoms with E-state index in [1.54, 1.807) is 0 Å². The van der Waals surface area contributed by atoms with Crippen molar-refractivity contribution in [2.24, 2.45) is 0 Å². The maximum absolute atomic E-state index is 9.59. The monoisotopic (exact) mass is 194 g/mol. The topological polar surface area (TPSA) is 92.3 Å². The molecule has 0 aliphatic rings. The molecular weight excluding hydrogens is 190 g/mol. The summed E-state index contributed by atoms with van der Waals surface area (Å²) in [5, 5.41) is 21.2. The minimum Gasteiger partial charge on any atom is -0.549 e. The van der Waals surface area contributed by atoms with Crippen LogP contribution >= 0.6 is 0 Å². The van der Waals surface area contributed by atoms with Crippen LogP contribution < -0.4 is 15.5 Å². The van der Waals surface area contributed by atoms with Crippen molar-refractivity contribution in [3.8, 4) is 0 Å². The second-order valence-electron chi connectivity index (χ2n) is 1.35. The van der Waals surface area contributed by atoms with E-state index >= 15 is 0 Å². The standard InChI is InChI=1S/C4H7NO4.Cu/c6-3(7)1-5-2-4(8)9;/h5H,1-2H2,(H,6,7)(H,8,9);/p-2. The summed E-state index contributed by atoms with van der Waals surface area (Å²) in [6, 6.07) is 0. The number of hydrogen-bond donors (Lipinski definition) is 1. The Hall–Kier alpha value is -0.581. The first-order chi connectivity index (χ1) is 4.13. The van der Waals surface area contributed by atoms with Crippen LogP contribution in [-0.4, -0.2) is 25.0 Å². The number of carbonyl (C=O) groups excluding carboxylic acids is 2. The van der Waals surface area contributed by atoms with Gasteiger partial charge in [-0.2, -0.15) is 0 Å². The predicted octanol–water partition coefficient (Wildman–Crippen LogP) is -3.93. The fraction of sp³-hybridized carbons (Fsp3) is 0.500. The zero-order chi connectivity index (χ0) is 7.28. The maximum Gasteiger partial charge on any atom is 0.0552 e. The van der Waals surface area contributed by atoms with Crippen molar-refractivity contribution in [3.63, 3.8) is 0 Å². The van der Waals surface area contributed by atoms with Crippen LogP contribution in [-0.2, 0) is 26.7 Å². The Labute approximate surface area is 67.9 Å². The van der Waals surface area contributed by atoms with Crippen molar-refractivity contribution >= 4 is 11.9 Å². The van der Waals surface area contributed by atoms with Crippen molar-refractivity contribution < 1.29 is 36.9 Å². The van der Waals surface area contributed by atoms with E-state index in [2.05, 4.69) is 5.32 Å². The molecule has 0 spiro atoms. The molecule has 0 atom stereocenters. The molecule has 0 unspecified atom stereocenters. The molecule has 0 aromatic heterocycles. The van der Waals surface area contributed by atoms with E-state index < -0.39 is 25.0 Å². The van der Waals surface area contributed by atoms with E-state index in [4.69, 9.17) is 0 Å². The molecule has 0 saturated heterocycles. The van der Waals surface area contributed by atoms with Crippen molar-refractivity contribution in [3.05, 3.63) is 0 Å². The number of rotatable bonds is 4. The van der Waals surface area contributed by atoms with Crippen molar-refractivity contribution in [2.45, 2.75) is 0 Å². The van der Waals surface area contributed by atoms with Crippen LogP contribution in [0.1, 0.15) is 0 Å². The van der Waals surface area contributed by atoms with Crippen LogP contribution in [0, 0.1) is 0 Å². The molecule has 1 radical (unpaired) electrons. The summed E-state index contributed by atoms with van der Waals surface area (Å²) >= 11 is 0. The molecule has 6 heteroatoms. The van der Waals surface area contributed by atoms with Crippen LogP contribution in [0.5, 0.6) is 0 Å². The zero-order valence-electron chi connectivity index (χ0n) is 4.85. The Kier molecular flexibility index (Phi) is 7.93. The number of hydrogen-bond acceptors (Lipinski definition) is 5. The van der Waals surface area contributed by atoms with Gasteiger partial charge < -0.3 is 25.1 Å². The fourth-order valence-electron chi connectivity index (χ4n) is 0.267. The van der Waals surface area contributed by atoms with E-state index in [0.717, 1.165) is 0 Å². The smallest absolute Gasteiger partial charge is 0.0552 e. The summed E-state index contributed by atoms with van der Waals surface area (Å²) in [5.74, 6) is -2.67. The molecule has 0 fully saturated rings. The van der Waals surface area contributed by atoms with Gasteiger partial charge in [-0.1, -0.05) is 0 Å². The van der Waals surface area contributed by atoms with Gasteiger partial charge in [0.2, 0.25) is 0 Å². The average Bonchev–Trinajstić information content (AvgIpc) is 1.63. The van der Waals surface area contributed by atoms with E-state index in [9.17, 15) is 19.8 Å². The maximum atomic E-state index is 9.59. The van der Waals surface area contributed by atoms with Gasteiger partial charge in [0.1, 0.15) is 0 Å². The third-order valence-corrected chi connectivity index (χ3v) is 0.539. The van der Waals surface area contributed by atoms with E-state index in [1.807, 2.05) is 0 Å². The molecular formula is C4H5CuNO4-2. The van der Waals surface area contributed by atoms with E-state index in [1.165, 1.54) is 0 Å². The largest absolute Gasteiger partial charge is 0.549 e. The summed E-state index contributed by atoms with van der Waals surface area (Å²) in [6.07, 6.45) is 0. The first-order valence-electron chi connectivity index (χ1n) is 2.23. The molecule has 0 aromatic rings. The number of carbonyl (C=O) groups is 2. The van der Waals surface area contributed by atoms with Crippen LogP contribution in [0.25, 0.3) is 0 Å². The number of nitrogens with one attached hydrogen (secondary N) is 1. The second kappa shape index (κ2) is 6.54. The number of carboxylic acid groups (broad SMARTS) is 2. The minimum atomic E-state index is -1.34. The number of carboxylic acids is 2. The summed E-state index contributed by atoms with van der Waals surface area (Å²) < 4.78 is 0. The van der Waals surface area contributed by atoms with Gasteiger partial charge in [-0.05, 0) is 0 Å². The van der Waals surface area contributed by atoms with E-state index in [-0.39, 0.29) is 17.1 Å². The Morgan fingerprint density at radius 2 is 1.40 bits per heavy atom. The molecule has 0 aliphatic carbocycles. The Balaban J connectivity index is 0. The molecule has 0 amide bonds. The van der Waals surface area contributed by atoms with Crippen LogP contribution in [0.4, 0.5) is 0 Å². The third kappa shape index (κ3) is 10.4. The predicted molar refractivity (Wildman–Crippen MR) is 22.9 cm³/mol. The van der Waals surface area contributed by atoms with Gasteiger partial charge in [-0.15, -0.1) is 0 Å². The van der Waals surface area contributed by atoms with Crippen molar-refractivity contribution in [1.82, 2.24) is 5.32 Å². The molecule has 0 aliphatic heterocycles. The van der Waals surface area contributed by atoms with Gasteiger partial charge in [0.15, 0.2) is 0 Å². The quantitative estimate of drug-likeness (QED) is 0.462. The molecule has 0 saturated carbocycles.